The van der Waals surface area contributed by atoms with Crippen molar-refractivity contribution in [2.45, 2.75) is 6.42 Å². The molecule has 2 rings (SSSR count). The fourth-order valence-corrected chi connectivity index (χ4v) is 2.10. The van der Waals surface area contributed by atoms with Crippen LogP contribution in [0.15, 0.2) is 51.7 Å². The molecule has 0 saturated carbocycles. The first-order valence-electron chi connectivity index (χ1n) is 5.28. The Balaban J connectivity index is 1.98. The van der Waals surface area contributed by atoms with Gasteiger partial charge < -0.3 is 5.32 Å². The normalized spacial score (nSPS) is 10.1. The van der Waals surface area contributed by atoms with Gasteiger partial charge in [-0.1, -0.05) is 28.1 Å². The average Bonchev–Trinajstić information content (AvgIpc) is 2.32. The van der Waals surface area contributed by atoms with Crippen molar-refractivity contribution < 1.29 is 4.79 Å². The minimum atomic E-state index is -0.0581. The van der Waals surface area contributed by atoms with Crippen molar-refractivity contribution in [3.05, 3.63) is 57.2 Å². The van der Waals surface area contributed by atoms with E-state index in [1.165, 1.54) is 0 Å². The summed E-state index contributed by atoms with van der Waals surface area (Å²) in [4.78, 5) is 15.8. The fraction of sp³-hybridized carbons (Fsp3) is 0.0769. The maximum absolute atomic E-state index is 11.8. The van der Waals surface area contributed by atoms with E-state index in [1.807, 2.05) is 30.3 Å². The first kappa shape index (κ1) is 13.2. The lowest BCUT2D eigenvalue weighted by Crippen LogP contribution is -2.14. The molecule has 0 atom stereocenters. The summed E-state index contributed by atoms with van der Waals surface area (Å²) in [7, 11) is 0. The molecule has 1 aromatic heterocycles. The first-order chi connectivity index (χ1) is 8.63. The molecule has 2 aromatic rings. The van der Waals surface area contributed by atoms with E-state index in [2.05, 4.69) is 42.2 Å². The largest absolute Gasteiger partial charge is 0.324 e. The molecule has 1 amide bonds. The van der Waals surface area contributed by atoms with Crippen molar-refractivity contribution in [2.75, 3.05) is 5.32 Å². The predicted molar refractivity (Wildman–Crippen MR) is 78.4 cm³/mol. The summed E-state index contributed by atoms with van der Waals surface area (Å²) in [5.41, 5.74) is 1.66. The van der Waals surface area contributed by atoms with E-state index in [9.17, 15) is 4.79 Å². The van der Waals surface area contributed by atoms with Crippen LogP contribution in [0.5, 0.6) is 0 Å². The Kier molecular flexibility index (Phi) is 4.49. The Morgan fingerprint density at radius 3 is 2.50 bits per heavy atom. The second-order valence-electron chi connectivity index (χ2n) is 3.74. The van der Waals surface area contributed by atoms with Gasteiger partial charge in [0.25, 0.3) is 0 Å². The third-order valence-corrected chi connectivity index (χ3v) is 3.23. The number of carbonyl (C=O) groups is 1. The molecular formula is C13H10Br2N2O. The highest BCUT2D eigenvalue weighted by atomic mass is 79.9. The van der Waals surface area contributed by atoms with E-state index in [0.717, 1.165) is 14.5 Å². The van der Waals surface area contributed by atoms with E-state index in [4.69, 9.17) is 0 Å². The Labute approximate surface area is 122 Å². The van der Waals surface area contributed by atoms with Gasteiger partial charge in [0.05, 0.1) is 18.3 Å². The highest BCUT2D eigenvalue weighted by Gasteiger charge is 2.04. The van der Waals surface area contributed by atoms with Gasteiger partial charge in [-0.3, -0.25) is 9.78 Å². The summed E-state index contributed by atoms with van der Waals surface area (Å²) in [6.07, 6.45) is 3.63. The maximum atomic E-state index is 11.8. The lowest BCUT2D eigenvalue weighted by atomic mass is 10.1. The molecule has 18 heavy (non-hydrogen) atoms. The molecule has 1 heterocycles. The van der Waals surface area contributed by atoms with E-state index in [1.54, 1.807) is 12.4 Å². The van der Waals surface area contributed by atoms with Crippen molar-refractivity contribution >= 4 is 43.5 Å². The fourth-order valence-electron chi connectivity index (χ4n) is 1.47. The number of aromatic nitrogens is 1. The summed E-state index contributed by atoms with van der Waals surface area (Å²) in [6, 6.07) is 9.49. The van der Waals surface area contributed by atoms with Crippen LogP contribution in [-0.4, -0.2) is 10.9 Å². The minimum Gasteiger partial charge on any atom is -0.324 e. The molecule has 1 N–H and O–H groups in total. The smallest absolute Gasteiger partial charge is 0.228 e. The van der Waals surface area contributed by atoms with Crippen LogP contribution in [0.25, 0.3) is 0 Å². The number of rotatable bonds is 3. The van der Waals surface area contributed by atoms with Gasteiger partial charge in [0.15, 0.2) is 0 Å². The van der Waals surface area contributed by atoms with Gasteiger partial charge in [-0.2, -0.15) is 0 Å². The van der Waals surface area contributed by atoms with Crippen LogP contribution in [0.1, 0.15) is 5.56 Å². The van der Waals surface area contributed by atoms with Crippen LogP contribution >= 0.6 is 31.9 Å². The number of nitrogens with one attached hydrogen (secondary N) is 1. The average molecular weight is 370 g/mol. The highest BCUT2D eigenvalue weighted by Crippen LogP contribution is 2.15. The number of nitrogens with zero attached hydrogens (tertiary/aromatic N) is 1. The molecule has 0 saturated heterocycles. The topological polar surface area (TPSA) is 42.0 Å². The van der Waals surface area contributed by atoms with Gasteiger partial charge in [0, 0.05) is 15.1 Å². The lowest BCUT2D eigenvalue weighted by Gasteiger charge is -2.05. The van der Waals surface area contributed by atoms with Gasteiger partial charge in [-0.15, -0.1) is 0 Å². The van der Waals surface area contributed by atoms with Gasteiger partial charge in [0.2, 0.25) is 5.91 Å². The van der Waals surface area contributed by atoms with Crippen molar-refractivity contribution in [3.8, 4) is 0 Å². The van der Waals surface area contributed by atoms with E-state index in [-0.39, 0.29) is 5.91 Å². The standard InChI is InChI=1S/C13H10Br2N2O/c14-10-3-1-9(2-4-10)5-13(18)17-12-6-11(15)7-16-8-12/h1-4,6-8H,5H2,(H,17,18). The molecule has 3 nitrogen and oxygen atoms in total. The Hall–Kier alpha value is -1.20. The summed E-state index contributed by atoms with van der Waals surface area (Å²) in [6.45, 7) is 0. The molecule has 0 bridgehead atoms. The Morgan fingerprint density at radius 1 is 1.11 bits per heavy atom. The number of carbonyl (C=O) groups excluding carboxylic acids is 1. The molecule has 0 aliphatic rings. The van der Waals surface area contributed by atoms with E-state index >= 15 is 0 Å². The molecule has 0 radical (unpaired) electrons. The number of halogens is 2. The molecule has 92 valence electrons. The SMILES string of the molecule is O=C(Cc1ccc(Br)cc1)Nc1cncc(Br)c1. The number of anilines is 1. The lowest BCUT2D eigenvalue weighted by molar-refractivity contribution is -0.115. The zero-order valence-electron chi connectivity index (χ0n) is 9.36. The van der Waals surface area contributed by atoms with Crippen molar-refractivity contribution in [2.24, 2.45) is 0 Å². The van der Waals surface area contributed by atoms with Crippen molar-refractivity contribution in [1.29, 1.82) is 0 Å². The molecular weight excluding hydrogens is 360 g/mol. The number of hydrogen-bond donors (Lipinski definition) is 1. The maximum Gasteiger partial charge on any atom is 0.228 e. The van der Waals surface area contributed by atoms with Crippen LogP contribution in [0.3, 0.4) is 0 Å². The number of pyridine rings is 1. The minimum absolute atomic E-state index is 0.0581. The van der Waals surface area contributed by atoms with Gasteiger partial charge in [0.1, 0.15) is 0 Å². The monoisotopic (exact) mass is 368 g/mol. The van der Waals surface area contributed by atoms with E-state index in [0.29, 0.717) is 12.1 Å². The molecule has 5 heteroatoms. The Morgan fingerprint density at radius 2 is 1.83 bits per heavy atom. The summed E-state index contributed by atoms with van der Waals surface area (Å²) in [5.74, 6) is -0.0581. The molecule has 1 aromatic carbocycles. The van der Waals surface area contributed by atoms with Crippen LogP contribution in [-0.2, 0) is 11.2 Å². The van der Waals surface area contributed by atoms with Crippen LogP contribution in [0.4, 0.5) is 5.69 Å². The molecule has 0 aliphatic heterocycles. The summed E-state index contributed by atoms with van der Waals surface area (Å²) in [5, 5.41) is 2.80. The zero-order valence-corrected chi connectivity index (χ0v) is 12.5. The van der Waals surface area contributed by atoms with Crippen molar-refractivity contribution in [1.82, 2.24) is 4.98 Å². The number of benzene rings is 1. The third kappa shape index (κ3) is 3.92. The number of amides is 1. The van der Waals surface area contributed by atoms with Crippen LogP contribution < -0.4 is 5.32 Å². The van der Waals surface area contributed by atoms with Gasteiger partial charge in [-0.25, -0.2) is 0 Å². The summed E-state index contributed by atoms with van der Waals surface area (Å²) < 4.78 is 1.84. The molecule has 0 spiro atoms. The predicted octanol–water partition coefficient (Wildman–Crippen LogP) is 3.79. The van der Waals surface area contributed by atoms with E-state index < -0.39 is 0 Å². The molecule has 0 unspecified atom stereocenters. The van der Waals surface area contributed by atoms with Crippen molar-refractivity contribution in [3.63, 3.8) is 0 Å². The quantitative estimate of drug-likeness (QED) is 0.894. The first-order valence-corrected chi connectivity index (χ1v) is 6.87. The molecule has 0 aliphatic carbocycles. The van der Waals surface area contributed by atoms with Crippen LogP contribution in [0.2, 0.25) is 0 Å². The number of hydrogen-bond acceptors (Lipinski definition) is 2. The second-order valence-corrected chi connectivity index (χ2v) is 5.57. The van der Waals surface area contributed by atoms with Gasteiger partial charge in [-0.05, 0) is 39.7 Å². The second kappa shape index (κ2) is 6.11. The summed E-state index contributed by atoms with van der Waals surface area (Å²) >= 11 is 6.67. The zero-order chi connectivity index (χ0) is 13.0. The van der Waals surface area contributed by atoms with Crippen LogP contribution in [0, 0.1) is 0 Å². The Bertz CT molecular complexity index is 555. The van der Waals surface area contributed by atoms with Gasteiger partial charge >= 0.3 is 0 Å². The molecule has 0 fully saturated rings. The third-order valence-electron chi connectivity index (χ3n) is 2.27. The highest BCUT2D eigenvalue weighted by molar-refractivity contribution is 9.10.